The first kappa shape index (κ1) is 10.4. The van der Waals surface area contributed by atoms with Crippen LogP contribution in [-0.4, -0.2) is 23.9 Å². The van der Waals surface area contributed by atoms with E-state index in [4.69, 9.17) is 0 Å². The second-order valence-corrected chi connectivity index (χ2v) is 4.49. The summed E-state index contributed by atoms with van der Waals surface area (Å²) < 4.78 is 0. The summed E-state index contributed by atoms with van der Waals surface area (Å²) in [7, 11) is 0. The monoisotopic (exact) mass is 226 g/mol. The van der Waals surface area contributed by atoms with Crippen molar-refractivity contribution in [2.75, 3.05) is 13.1 Å². The minimum absolute atomic E-state index is 0.197. The van der Waals surface area contributed by atoms with Crippen molar-refractivity contribution in [3.8, 4) is 0 Å². The van der Waals surface area contributed by atoms with Gasteiger partial charge in [0, 0.05) is 36.5 Å². The second kappa shape index (κ2) is 4.26. The van der Waals surface area contributed by atoms with E-state index in [0.29, 0.717) is 12.2 Å². The number of benzene rings is 1. The van der Waals surface area contributed by atoms with Gasteiger partial charge >= 0.3 is 0 Å². The van der Waals surface area contributed by atoms with E-state index in [1.165, 1.54) is 0 Å². The van der Waals surface area contributed by atoms with E-state index in [9.17, 15) is 4.79 Å². The lowest BCUT2D eigenvalue weighted by molar-refractivity contribution is -0.123. The van der Waals surface area contributed by atoms with Gasteiger partial charge < -0.3 is 5.32 Å². The van der Waals surface area contributed by atoms with Crippen molar-refractivity contribution >= 4 is 16.7 Å². The van der Waals surface area contributed by atoms with Crippen LogP contribution < -0.4 is 5.32 Å². The summed E-state index contributed by atoms with van der Waals surface area (Å²) in [6.45, 7) is 1.65. The number of rotatable bonds is 3. The molecule has 0 saturated carbocycles. The Balaban J connectivity index is 1.82. The number of ketones is 1. The maximum atomic E-state index is 11.9. The maximum Gasteiger partial charge on any atom is 0.144 e. The first-order valence-electron chi connectivity index (χ1n) is 5.91. The van der Waals surface area contributed by atoms with Gasteiger partial charge in [0.25, 0.3) is 0 Å². The molecule has 1 N–H and O–H groups in total. The van der Waals surface area contributed by atoms with Gasteiger partial charge in [0.05, 0.1) is 5.52 Å². The highest BCUT2D eigenvalue weighted by atomic mass is 16.1. The van der Waals surface area contributed by atoms with Crippen molar-refractivity contribution < 1.29 is 4.79 Å². The van der Waals surface area contributed by atoms with Crippen LogP contribution in [0.5, 0.6) is 0 Å². The fraction of sp³-hybridized carbons (Fsp3) is 0.286. The summed E-state index contributed by atoms with van der Waals surface area (Å²) in [6, 6.07) is 12.0. The quantitative estimate of drug-likeness (QED) is 0.863. The minimum atomic E-state index is 0.197. The molecule has 1 aromatic heterocycles. The molecule has 0 unspecified atom stereocenters. The SMILES string of the molecule is O=C(Cc1ccc2ccccc2n1)C1CNC1. The Labute approximate surface area is 99.9 Å². The fourth-order valence-corrected chi connectivity index (χ4v) is 2.05. The number of nitrogens with one attached hydrogen (secondary N) is 1. The first-order valence-corrected chi connectivity index (χ1v) is 5.91. The summed E-state index contributed by atoms with van der Waals surface area (Å²) in [5.41, 5.74) is 1.84. The van der Waals surface area contributed by atoms with Crippen molar-refractivity contribution in [1.29, 1.82) is 0 Å². The molecule has 1 aromatic carbocycles. The number of nitrogens with zero attached hydrogens (tertiary/aromatic N) is 1. The van der Waals surface area contributed by atoms with Gasteiger partial charge in [-0.2, -0.15) is 0 Å². The third-order valence-electron chi connectivity index (χ3n) is 3.25. The molecule has 2 aromatic rings. The summed E-state index contributed by atoms with van der Waals surface area (Å²) >= 11 is 0. The van der Waals surface area contributed by atoms with E-state index in [1.807, 2.05) is 36.4 Å². The highest BCUT2D eigenvalue weighted by Crippen LogP contribution is 2.14. The summed E-state index contributed by atoms with van der Waals surface area (Å²) in [6.07, 6.45) is 0.456. The summed E-state index contributed by atoms with van der Waals surface area (Å²) in [4.78, 5) is 16.4. The van der Waals surface area contributed by atoms with Gasteiger partial charge in [-0.05, 0) is 12.1 Å². The fourth-order valence-electron chi connectivity index (χ4n) is 2.05. The van der Waals surface area contributed by atoms with Gasteiger partial charge in [-0.1, -0.05) is 24.3 Å². The average molecular weight is 226 g/mol. The van der Waals surface area contributed by atoms with Crippen LogP contribution in [0.15, 0.2) is 36.4 Å². The van der Waals surface area contributed by atoms with Crippen LogP contribution in [0.25, 0.3) is 10.9 Å². The van der Waals surface area contributed by atoms with Crippen LogP contribution >= 0.6 is 0 Å². The Kier molecular flexibility index (Phi) is 2.61. The van der Waals surface area contributed by atoms with E-state index in [2.05, 4.69) is 10.3 Å². The zero-order valence-electron chi connectivity index (χ0n) is 9.52. The molecular weight excluding hydrogens is 212 g/mol. The predicted molar refractivity (Wildman–Crippen MR) is 66.8 cm³/mol. The van der Waals surface area contributed by atoms with Crippen LogP contribution in [0.2, 0.25) is 0 Å². The number of pyridine rings is 1. The standard InChI is InChI=1S/C14H14N2O/c17-14(11-8-15-9-11)7-12-6-5-10-3-1-2-4-13(10)16-12/h1-6,11,15H,7-9H2. The molecule has 0 amide bonds. The topological polar surface area (TPSA) is 42.0 Å². The molecule has 3 rings (SSSR count). The molecule has 0 atom stereocenters. The Bertz CT molecular complexity index is 561. The number of fused-ring (bicyclic) bond motifs is 1. The Morgan fingerprint density at radius 3 is 2.82 bits per heavy atom. The molecular formula is C14H14N2O. The molecule has 1 aliphatic heterocycles. The van der Waals surface area contributed by atoms with E-state index in [-0.39, 0.29) is 5.92 Å². The second-order valence-electron chi connectivity index (χ2n) is 4.49. The molecule has 2 heterocycles. The van der Waals surface area contributed by atoms with Gasteiger partial charge in [-0.25, -0.2) is 0 Å². The molecule has 0 aliphatic carbocycles. The van der Waals surface area contributed by atoms with Crippen LogP contribution in [-0.2, 0) is 11.2 Å². The van der Waals surface area contributed by atoms with Gasteiger partial charge in [0.2, 0.25) is 0 Å². The van der Waals surface area contributed by atoms with Gasteiger partial charge in [0.15, 0.2) is 0 Å². The van der Waals surface area contributed by atoms with Crippen molar-refractivity contribution in [1.82, 2.24) is 10.3 Å². The number of hydrogen-bond acceptors (Lipinski definition) is 3. The van der Waals surface area contributed by atoms with Gasteiger partial charge in [-0.3, -0.25) is 9.78 Å². The van der Waals surface area contributed by atoms with E-state index in [0.717, 1.165) is 29.7 Å². The maximum absolute atomic E-state index is 11.9. The molecule has 17 heavy (non-hydrogen) atoms. The number of aromatic nitrogens is 1. The highest BCUT2D eigenvalue weighted by Gasteiger charge is 2.24. The van der Waals surface area contributed by atoms with Crippen LogP contribution in [0.4, 0.5) is 0 Å². The molecule has 0 bridgehead atoms. The van der Waals surface area contributed by atoms with Gasteiger partial charge in [-0.15, -0.1) is 0 Å². The van der Waals surface area contributed by atoms with Crippen molar-refractivity contribution in [3.63, 3.8) is 0 Å². The zero-order chi connectivity index (χ0) is 11.7. The minimum Gasteiger partial charge on any atom is -0.315 e. The lowest BCUT2D eigenvalue weighted by Crippen LogP contribution is -2.47. The average Bonchev–Trinajstić information content (AvgIpc) is 2.26. The lowest BCUT2D eigenvalue weighted by Gasteiger charge is -2.25. The molecule has 0 radical (unpaired) electrons. The Hall–Kier alpha value is -1.74. The Morgan fingerprint density at radius 1 is 1.24 bits per heavy atom. The third-order valence-corrected chi connectivity index (χ3v) is 3.25. The van der Waals surface area contributed by atoms with E-state index in [1.54, 1.807) is 0 Å². The zero-order valence-corrected chi connectivity index (χ0v) is 9.52. The lowest BCUT2D eigenvalue weighted by atomic mass is 9.94. The van der Waals surface area contributed by atoms with Crippen molar-refractivity contribution in [3.05, 3.63) is 42.1 Å². The molecule has 1 saturated heterocycles. The van der Waals surface area contributed by atoms with Crippen LogP contribution in [0.1, 0.15) is 5.69 Å². The predicted octanol–water partition coefficient (Wildman–Crippen LogP) is 1.57. The smallest absolute Gasteiger partial charge is 0.144 e. The number of Topliss-reactive ketones (excluding diaryl/α,β-unsaturated/α-hetero) is 1. The van der Waals surface area contributed by atoms with Crippen molar-refractivity contribution in [2.45, 2.75) is 6.42 Å². The molecule has 1 fully saturated rings. The number of carbonyl (C=O) groups is 1. The van der Waals surface area contributed by atoms with Gasteiger partial charge in [0.1, 0.15) is 5.78 Å². The molecule has 1 aliphatic rings. The number of hydrogen-bond donors (Lipinski definition) is 1. The molecule has 86 valence electrons. The number of carbonyl (C=O) groups excluding carboxylic acids is 1. The molecule has 0 spiro atoms. The largest absolute Gasteiger partial charge is 0.315 e. The van der Waals surface area contributed by atoms with E-state index < -0.39 is 0 Å². The summed E-state index contributed by atoms with van der Waals surface area (Å²) in [5, 5.41) is 4.24. The Morgan fingerprint density at radius 2 is 2.06 bits per heavy atom. The van der Waals surface area contributed by atoms with Crippen LogP contribution in [0.3, 0.4) is 0 Å². The molecule has 3 heteroatoms. The normalized spacial score (nSPS) is 15.8. The third kappa shape index (κ3) is 2.06. The number of para-hydroxylation sites is 1. The molecule has 3 nitrogen and oxygen atoms in total. The van der Waals surface area contributed by atoms with Crippen LogP contribution in [0, 0.1) is 5.92 Å². The van der Waals surface area contributed by atoms with Crippen molar-refractivity contribution in [2.24, 2.45) is 5.92 Å². The highest BCUT2D eigenvalue weighted by molar-refractivity contribution is 5.85. The first-order chi connectivity index (χ1) is 8.33. The van der Waals surface area contributed by atoms with E-state index >= 15 is 0 Å². The summed E-state index contributed by atoms with van der Waals surface area (Å²) in [5.74, 6) is 0.495.